The molecule has 1 aromatic carbocycles. The number of Topliss-reactive ketones (excluding diaryl/α,β-unsaturated/α-hetero) is 1. The predicted molar refractivity (Wildman–Crippen MR) is 68.4 cm³/mol. The van der Waals surface area contributed by atoms with Crippen LogP contribution in [0.1, 0.15) is 41.3 Å². The Morgan fingerprint density at radius 1 is 1.41 bits per heavy atom. The molecule has 0 aromatic heterocycles. The standard InChI is InChI=1S/C15H20O2/c1-10-4-5-11(2)14(8-10)15(16)12(3)17-9-13-6-7-13/h4-5,8,12-13H,6-7,9H2,1-3H3. The topological polar surface area (TPSA) is 26.3 Å². The van der Waals surface area contributed by atoms with E-state index < -0.39 is 0 Å². The van der Waals surface area contributed by atoms with Crippen LogP contribution in [0.5, 0.6) is 0 Å². The summed E-state index contributed by atoms with van der Waals surface area (Å²) < 4.78 is 5.63. The average Bonchev–Trinajstić information content (AvgIpc) is 3.12. The molecular formula is C15H20O2. The van der Waals surface area contributed by atoms with E-state index in [1.807, 2.05) is 39.0 Å². The number of hydrogen-bond donors (Lipinski definition) is 0. The van der Waals surface area contributed by atoms with Gasteiger partial charge < -0.3 is 4.74 Å². The van der Waals surface area contributed by atoms with Gasteiger partial charge in [-0.25, -0.2) is 0 Å². The highest BCUT2D eigenvalue weighted by atomic mass is 16.5. The lowest BCUT2D eigenvalue weighted by Crippen LogP contribution is -2.22. The summed E-state index contributed by atoms with van der Waals surface area (Å²) in [4.78, 5) is 12.2. The molecule has 1 unspecified atom stereocenters. The second-order valence-electron chi connectivity index (χ2n) is 5.10. The normalized spacial score (nSPS) is 16.9. The van der Waals surface area contributed by atoms with E-state index in [1.54, 1.807) is 0 Å². The number of benzene rings is 1. The molecule has 0 N–H and O–H groups in total. The van der Waals surface area contributed by atoms with Crippen LogP contribution >= 0.6 is 0 Å². The van der Waals surface area contributed by atoms with E-state index in [-0.39, 0.29) is 11.9 Å². The van der Waals surface area contributed by atoms with E-state index in [0.29, 0.717) is 5.92 Å². The van der Waals surface area contributed by atoms with Crippen LogP contribution in [0.2, 0.25) is 0 Å². The second-order valence-corrected chi connectivity index (χ2v) is 5.10. The molecule has 0 amide bonds. The molecule has 0 bridgehead atoms. The van der Waals surface area contributed by atoms with Crippen LogP contribution in [0.3, 0.4) is 0 Å². The Hall–Kier alpha value is -1.15. The van der Waals surface area contributed by atoms with E-state index in [9.17, 15) is 4.79 Å². The molecular weight excluding hydrogens is 212 g/mol. The fraction of sp³-hybridized carbons (Fsp3) is 0.533. The van der Waals surface area contributed by atoms with Crippen LogP contribution in [0.25, 0.3) is 0 Å². The first-order valence-electron chi connectivity index (χ1n) is 6.31. The zero-order valence-electron chi connectivity index (χ0n) is 10.8. The maximum atomic E-state index is 12.2. The monoisotopic (exact) mass is 232 g/mol. The van der Waals surface area contributed by atoms with Crippen LogP contribution in [0, 0.1) is 19.8 Å². The minimum atomic E-state index is -0.323. The second kappa shape index (κ2) is 5.01. The number of aryl methyl sites for hydroxylation is 2. The van der Waals surface area contributed by atoms with Gasteiger partial charge in [0.25, 0.3) is 0 Å². The maximum Gasteiger partial charge on any atom is 0.191 e. The first-order valence-corrected chi connectivity index (χ1v) is 6.31. The number of carbonyl (C=O) groups is 1. The lowest BCUT2D eigenvalue weighted by molar-refractivity contribution is 0.0440. The molecule has 1 saturated carbocycles. The summed E-state index contributed by atoms with van der Waals surface area (Å²) in [6.45, 7) is 6.57. The van der Waals surface area contributed by atoms with Crippen LogP contribution in [-0.2, 0) is 4.74 Å². The lowest BCUT2D eigenvalue weighted by Gasteiger charge is -2.13. The maximum absolute atomic E-state index is 12.2. The van der Waals surface area contributed by atoms with E-state index in [2.05, 4.69) is 0 Å². The number of ether oxygens (including phenoxy) is 1. The molecule has 2 rings (SSSR count). The molecule has 0 saturated heterocycles. The van der Waals surface area contributed by atoms with Crippen molar-refractivity contribution in [3.63, 3.8) is 0 Å². The van der Waals surface area contributed by atoms with E-state index in [4.69, 9.17) is 4.74 Å². The minimum Gasteiger partial charge on any atom is -0.370 e. The van der Waals surface area contributed by atoms with Gasteiger partial charge in [0.15, 0.2) is 5.78 Å². The molecule has 1 atom stereocenters. The largest absolute Gasteiger partial charge is 0.370 e. The van der Waals surface area contributed by atoms with Gasteiger partial charge in [0.2, 0.25) is 0 Å². The summed E-state index contributed by atoms with van der Waals surface area (Å²) in [7, 11) is 0. The summed E-state index contributed by atoms with van der Waals surface area (Å²) in [6, 6.07) is 5.98. The van der Waals surface area contributed by atoms with Gasteiger partial charge in [0.1, 0.15) is 6.10 Å². The highest BCUT2D eigenvalue weighted by Gasteiger charge is 2.24. The van der Waals surface area contributed by atoms with Crippen molar-refractivity contribution in [1.82, 2.24) is 0 Å². The van der Waals surface area contributed by atoms with Crippen LogP contribution in [-0.4, -0.2) is 18.5 Å². The number of carbonyl (C=O) groups excluding carboxylic acids is 1. The molecule has 1 aliphatic rings. The number of hydrogen-bond acceptors (Lipinski definition) is 2. The zero-order valence-corrected chi connectivity index (χ0v) is 10.8. The molecule has 1 aromatic rings. The van der Waals surface area contributed by atoms with Crippen molar-refractivity contribution in [3.8, 4) is 0 Å². The molecule has 0 spiro atoms. The Bertz CT molecular complexity index is 419. The van der Waals surface area contributed by atoms with Crippen LogP contribution in [0.4, 0.5) is 0 Å². The van der Waals surface area contributed by atoms with Crippen molar-refractivity contribution in [3.05, 3.63) is 34.9 Å². The molecule has 2 nitrogen and oxygen atoms in total. The van der Waals surface area contributed by atoms with Gasteiger partial charge in [-0.1, -0.05) is 17.7 Å². The third kappa shape index (κ3) is 3.16. The Balaban J connectivity index is 2.03. The van der Waals surface area contributed by atoms with E-state index in [1.165, 1.54) is 12.8 Å². The third-order valence-corrected chi connectivity index (χ3v) is 3.31. The fourth-order valence-corrected chi connectivity index (χ4v) is 1.86. The van der Waals surface area contributed by atoms with Gasteiger partial charge in [0.05, 0.1) is 6.61 Å². The molecule has 92 valence electrons. The first-order chi connectivity index (χ1) is 8.08. The van der Waals surface area contributed by atoms with Crippen molar-refractivity contribution < 1.29 is 9.53 Å². The summed E-state index contributed by atoms with van der Waals surface area (Å²) in [5.41, 5.74) is 2.95. The SMILES string of the molecule is Cc1ccc(C)c(C(=O)C(C)OCC2CC2)c1. The molecule has 1 aliphatic carbocycles. The Kier molecular flexibility index (Phi) is 3.63. The van der Waals surface area contributed by atoms with E-state index >= 15 is 0 Å². The van der Waals surface area contributed by atoms with Gasteiger partial charge in [-0.2, -0.15) is 0 Å². The quantitative estimate of drug-likeness (QED) is 0.728. The molecule has 1 fully saturated rings. The highest BCUT2D eigenvalue weighted by Crippen LogP contribution is 2.29. The molecule has 0 radical (unpaired) electrons. The van der Waals surface area contributed by atoms with Crippen molar-refractivity contribution >= 4 is 5.78 Å². The Morgan fingerprint density at radius 2 is 2.12 bits per heavy atom. The van der Waals surface area contributed by atoms with Crippen LogP contribution in [0.15, 0.2) is 18.2 Å². The summed E-state index contributed by atoms with van der Waals surface area (Å²) in [5.74, 6) is 0.802. The van der Waals surface area contributed by atoms with Gasteiger partial charge in [-0.3, -0.25) is 4.79 Å². The van der Waals surface area contributed by atoms with E-state index in [0.717, 1.165) is 23.3 Å². The van der Waals surface area contributed by atoms with Gasteiger partial charge >= 0.3 is 0 Å². The predicted octanol–water partition coefficient (Wildman–Crippen LogP) is 3.30. The van der Waals surface area contributed by atoms with Crippen LogP contribution < -0.4 is 0 Å². The fourth-order valence-electron chi connectivity index (χ4n) is 1.86. The number of rotatable bonds is 5. The first kappa shape index (κ1) is 12.3. The summed E-state index contributed by atoms with van der Waals surface area (Å²) in [6.07, 6.45) is 2.19. The summed E-state index contributed by atoms with van der Waals surface area (Å²) in [5, 5.41) is 0. The van der Waals surface area contributed by atoms with Crippen molar-refractivity contribution in [2.75, 3.05) is 6.61 Å². The summed E-state index contributed by atoms with van der Waals surface area (Å²) >= 11 is 0. The van der Waals surface area contributed by atoms with Crippen molar-refractivity contribution in [2.24, 2.45) is 5.92 Å². The highest BCUT2D eigenvalue weighted by molar-refractivity contribution is 6.00. The Morgan fingerprint density at radius 3 is 2.76 bits per heavy atom. The molecule has 0 heterocycles. The van der Waals surface area contributed by atoms with Crippen molar-refractivity contribution in [1.29, 1.82) is 0 Å². The molecule has 0 aliphatic heterocycles. The Labute approximate surface area is 103 Å². The zero-order chi connectivity index (χ0) is 12.4. The average molecular weight is 232 g/mol. The number of ketones is 1. The molecule has 17 heavy (non-hydrogen) atoms. The smallest absolute Gasteiger partial charge is 0.191 e. The molecule has 2 heteroatoms. The van der Waals surface area contributed by atoms with Gasteiger partial charge in [0, 0.05) is 5.56 Å². The minimum absolute atomic E-state index is 0.104. The van der Waals surface area contributed by atoms with Crippen molar-refractivity contribution in [2.45, 2.75) is 39.7 Å². The third-order valence-electron chi connectivity index (χ3n) is 3.31. The lowest BCUT2D eigenvalue weighted by atomic mass is 9.99. The van der Waals surface area contributed by atoms with Gasteiger partial charge in [-0.15, -0.1) is 0 Å². The van der Waals surface area contributed by atoms with Gasteiger partial charge in [-0.05, 0) is 51.2 Å².